The first kappa shape index (κ1) is 6.44. The number of methoxy groups -OCH3 is 1. The van der Waals surface area contributed by atoms with Gasteiger partial charge in [0.25, 0.3) is 0 Å². The molecule has 0 radical (unpaired) electrons. The molecule has 0 aromatic carbocycles. The Bertz CT molecular complexity index is 28.7. The number of rotatable bonds is 2. The van der Waals surface area contributed by atoms with Crippen LogP contribution in [0.1, 0.15) is 6.92 Å². The molecule has 0 aromatic rings. The third-order valence-corrected chi connectivity index (χ3v) is 0.661. The molecule has 0 aliphatic rings. The number of halogens is 1. The van der Waals surface area contributed by atoms with Gasteiger partial charge in [0.15, 0.2) is 0 Å². The van der Waals surface area contributed by atoms with Crippen LogP contribution in [0.5, 0.6) is 0 Å². The van der Waals surface area contributed by atoms with E-state index < -0.39 is 0 Å². The largest absolute Gasteiger partial charge is 0.384 e. The van der Waals surface area contributed by atoms with Crippen LogP contribution in [-0.2, 0) is 4.74 Å². The molecule has 38 valence electrons. The van der Waals surface area contributed by atoms with Crippen molar-refractivity contribution >= 4 is 15.9 Å². The summed E-state index contributed by atoms with van der Waals surface area (Å²) in [5.74, 6) is 0. The van der Waals surface area contributed by atoms with Crippen molar-refractivity contribution in [1.82, 2.24) is 0 Å². The summed E-state index contributed by atoms with van der Waals surface area (Å²) in [4.78, 5) is 0.488. The van der Waals surface area contributed by atoms with E-state index in [4.69, 9.17) is 4.74 Å². The average Bonchev–Trinajstić information content (AvgIpc) is 1.35. The maximum atomic E-state index is 4.76. The van der Waals surface area contributed by atoms with Crippen molar-refractivity contribution in [2.45, 2.75) is 11.8 Å². The molecule has 1 atom stereocenters. The molecule has 0 bridgehead atoms. The first-order valence-electron chi connectivity index (χ1n) is 1.90. The van der Waals surface area contributed by atoms with Gasteiger partial charge < -0.3 is 4.74 Å². The zero-order valence-electron chi connectivity index (χ0n) is 4.07. The molecule has 2 heteroatoms. The van der Waals surface area contributed by atoms with Gasteiger partial charge in [-0.25, -0.2) is 0 Å². The summed E-state index contributed by atoms with van der Waals surface area (Å²) in [6.07, 6.45) is 0. The van der Waals surface area contributed by atoms with Crippen LogP contribution in [0.2, 0.25) is 0 Å². The zero-order valence-corrected chi connectivity index (χ0v) is 5.66. The summed E-state index contributed by atoms with van der Waals surface area (Å²) < 4.78 is 4.76. The van der Waals surface area contributed by atoms with Crippen LogP contribution in [0.3, 0.4) is 0 Å². The highest BCUT2D eigenvalue weighted by Crippen LogP contribution is 1.94. The maximum absolute atomic E-state index is 4.76. The minimum Gasteiger partial charge on any atom is -0.384 e. The van der Waals surface area contributed by atoms with E-state index in [0.717, 1.165) is 6.61 Å². The van der Waals surface area contributed by atoms with E-state index in [1.54, 1.807) is 7.11 Å². The first-order chi connectivity index (χ1) is 2.77. The zero-order chi connectivity index (χ0) is 4.99. The lowest BCUT2D eigenvalue weighted by Gasteiger charge is -1.95. The molecule has 0 fully saturated rings. The van der Waals surface area contributed by atoms with Gasteiger partial charge in [0, 0.05) is 11.9 Å². The van der Waals surface area contributed by atoms with E-state index in [9.17, 15) is 0 Å². The summed E-state index contributed by atoms with van der Waals surface area (Å²) in [7, 11) is 1.69. The van der Waals surface area contributed by atoms with Crippen LogP contribution >= 0.6 is 15.9 Å². The quantitative estimate of drug-likeness (QED) is 0.545. The van der Waals surface area contributed by atoms with Gasteiger partial charge in [-0.3, -0.25) is 0 Å². The van der Waals surface area contributed by atoms with Crippen molar-refractivity contribution in [3.63, 3.8) is 0 Å². The second-order valence-corrected chi connectivity index (χ2v) is 2.80. The molecule has 0 unspecified atom stereocenters. The van der Waals surface area contributed by atoms with Crippen molar-refractivity contribution in [3.8, 4) is 0 Å². The fourth-order valence-electron chi connectivity index (χ4n) is 0.230. The van der Waals surface area contributed by atoms with Gasteiger partial charge in [-0.15, -0.1) is 0 Å². The molecule has 0 amide bonds. The predicted molar refractivity (Wildman–Crippen MR) is 30.3 cm³/mol. The highest BCUT2D eigenvalue weighted by atomic mass is 79.9. The van der Waals surface area contributed by atoms with Crippen LogP contribution in [-0.4, -0.2) is 18.5 Å². The van der Waals surface area contributed by atoms with Crippen LogP contribution in [0.25, 0.3) is 0 Å². The molecule has 0 aliphatic heterocycles. The van der Waals surface area contributed by atoms with E-state index >= 15 is 0 Å². The number of hydrogen-bond acceptors (Lipinski definition) is 1. The molecule has 1 nitrogen and oxygen atoms in total. The standard InChI is InChI=1S/C4H9BrO/c1-4(5)3-6-2/h4H,3H2,1-2H3/t4-/m0/s1. The Labute approximate surface area is 46.8 Å². The van der Waals surface area contributed by atoms with Crippen LogP contribution in [0.4, 0.5) is 0 Å². The SMILES string of the molecule is COC[C@H](C)Br. The Morgan fingerprint density at radius 1 is 1.83 bits per heavy atom. The topological polar surface area (TPSA) is 9.23 Å². The molecule has 0 aromatic heterocycles. The first-order valence-corrected chi connectivity index (χ1v) is 2.82. The Morgan fingerprint density at radius 2 is 2.33 bits per heavy atom. The fraction of sp³-hybridized carbons (Fsp3) is 1.00. The molecule has 0 N–H and O–H groups in total. The van der Waals surface area contributed by atoms with Gasteiger partial charge in [-0.05, 0) is 0 Å². The lowest BCUT2D eigenvalue weighted by Crippen LogP contribution is -1.98. The van der Waals surface area contributed by atoms with E-state index in [-0.39, 0.29) is 0 Å². The lowest BCUT2D eigenvalue weighted by molar-refractivity contribution is 0.204. The molecule has 0 heterocycles. The Balaban J connectivity index is 2.63. The smallest absolute Gasteiger partial charge is 0.0584 e. The minimum atomic E-state index is 0.488. The predicted octanol–water partition coefficient (Wildman–Crippen LogP) is 1.42. The molecule has 0 spiro atoms. The van der Waals surface area contributed by atoms with Crippen LogP contribution in [0.15, 0.2) is 0 Å². The summed E-state index contributed by atoms with van der Waals surface area (Å²) in [5.41, 5.74) is 0. The van der Waals surface area contributed by atoms with Gasteiger partial charge in [0.2, 0.25) is 0 Å². The van der Waals surface area contributed by atoms with Crippen molar-refractivity contribution in [2.75, 3.05) is 13.7 Å². The second kappa shape index (κ2) is 3.62. The van der Waals surface area contributed by atoms with Crippen LogP contribution in [0, 0.1) is 0 Å². The van der Waals surface area contributed by atoms with Crippen LogP contribution < -0.4 is 0 Å². The number of hydrogen-bond donors (Lipinski definition) is 0. The monoisotopic (exact) mass is 152 g/mol. The summed E-state index contributed by atoms with van der Waals surface area (Å²) >= 11 is 3.31. The highest BCUT2D eigenvalue weighted by molar-refractivity contribution is 9.09. The van der Waals surface area contributed by atoms with Crippen molar-refractivity contribution in [3.05, 3.63) is 0 Å². The second-order valence-electron chi connectivity index (χ2n) is 1.24. The third-order valence-electron chi connectivity index (χ3n) is 0.396. The number of alkyl halides is 1. The number of ether oxygens (including phenoxy) is 1. The Morgan fingerprint density at radius 3 is 2.33 bits per heavy atom. The minimum absolute atomic E-state index is 0.488. The normalized spacial score (nSPS) is 14.5. The summed E-state index contributed by atoms with van der Waals surface area (Å²) in [6, 6.07) is 0. The molecule has 0 saturated heterocycles. The van der Waals surface area contributed by atoms with Gasteiger partial charge in [0.05, 0.1) is 6.61 Å². The van der Waals surface area contributed by atoms with Gasteiger partial charge in [-0.2, -0.15) is 0 Å². The highest BCUT2D eigenvalue weighted by Gasteiger charge is 1.88. The molecule has 0 rings (SSSR count). The third kappa shape index (κ3) is 4.44. The summed E-state index contributed by atoms with van der Waals surface area (Å²) in [6.45, 7) is 2.84. The van der Waals surface area contributed by atoms with Gasteiger partial charge in [-0.1, -0.05) is 22.9 Å². The van der Waals surface area contributed by atoms with Crippen molar-refractivity contribution in [2.24, 2.45) is 0 Å². The van der Waals surface area contributed by atoms with E-state index in [1.165, 1.54) is 0 Å². The van der Waals surface area contributed by atoms with E-state index in [0.29, 0.717) is 4.83 Å². The molecule has 0 aliphatic carbocycles. The van der Waals surface area contributed by atoms with Gasteiger partial charge >= 0.3 is 0 Å². The van der Waals surface area contributed by atoms with Crippen molar-refractivity contribution < 1.29 is 4.74 Å². The fourth-order valence-corrected chi connectivity index (χ4v) is 0.494. The summed E-state index contributed by atoms with van der Waals surface area (Å²) in [5, 5.41) is 0. The van der Waals surface area contributed by atoms with E-state index in [2.05, 4.69) is 15.9 Å². The Hall–Kier alpha value is 0.440. The molecule has 6 heavy (non-hydrogen) atoms. The maximum Gasteiger partial charge on any atom is 0.0584 e. The molecular formula is C4H9BrO. The Kier molecular flexibility index (Phi) is 3.89. The lowest BCUT2D eigenvalue weighted by atomic mass is 10.5. The molecule has 0 saturated carbocycles. The van der Waals surface area contributed by atoms with Crippen molar-refractivity contribution in [1.29, 1.82) is 0 Å². The van der Waals surface area contributed by atoms with Gasteiger partial charge in [0.1, 0.15) is 0 Å². The average molecular weight is 153 g/mol. The van der Waals surface area contributed by atoms with E-state index in [1.807, 2.05) is 6.92 Å². The molecular weight excluding hydrogens is 144 g/mol.